The summed E-state index contributed by atoms with van der Waals surface area (Å²) >= 11 is 3.37. The number of fused-ring (bicyclic) bond motifs is 1. The summed E-state index contributed by atoms with van der Waals surface area (Å²) in [5.41, 5.74) is 0.0645. The second-order valence-corrected chi connectivity index (χ2v) is 5.98. The van der Waals surface area contributed by atoms with Crippen LogP contribution < -0.4 is 4.74 Å². The van der Waals surface area contributed by atoms with Gasteiger partial charge in [-0.2, -0.15) is 4.68 Å². The molecule has 0 aliphatic carbocycles. The fraction of sp³-hybridized carbons (Fsp3) is 0.385. The number of carbonyl (C=O) groups excluding carboxylic acids is 1. The highest BCUT2D eigenvalue weighted by Gasteiger charge is 2.22. The normalized spacial score (nSPS) is 11.6. The molecule has 6 heteroatoms. The Balaban J connectivity index is 2.54. The van der Waals surface area contributed by atoms with E-state index in [2.05, 4.69) is 21.0 Å². The third-order valence-corrected chi connectivity index (χ3v) is 2.86. The minimum atomic E-state index is -0.575. The molecule has 0 amide bonds. The zero-order valence-corrected chi connectivity index (χ0v) is 12.8. The SMILES string of the molecule is COc1nn(C(=O)OC(C)(C)C)c2cc(Br)ccc12. The first-order chi connectivity index (χ1) is 8.81. The van der Waals surface area contributed by atoms with E-state index < -0.39 is 11.7 Å². The molecule has 5 nitrogen and oxygen atoms in total. The molecule has 19 heavy (non-hydrogen) atoms. The Morgan fingerprint density at radius 1 is 1.37 bits per heavy atom. The lowest BCUT2D eigenvalue weighted by molar-refractivity contribution is 0.0520. The van der Waals surface area contributed by atoms with Crippen molar-refractivity contribution in [3.63, 3.8) is 0 Å². The lowest BCUT2D eigenvalue weighted by Crippen LogP contribution is -2.27. The van der Waals surface area contributed by atoms with Crippen molar-refractivity contribution in [1.82, 2.24) is 9.78 Å². The van der Waals surface area contributed by atoms with Crippen LogP contribution >= 0.6 is 15.9 Å². The third-order valence-electron chi connectivity index (χ3n) is 2.37. The number of hydrogen-bond donors (Lipinski definition) is 0. The van der Waals surface area contributed by atoms with Gasteiger partial charge in [-0.15, -0.1) is 5.10 Å². The molecule has 2 rings (SSSR count). The maximum atomic E-state index is 12.1. The molecule has 0 aliphatic heterocycles. The van der Waals surface area contributed by atoms with Gasteiger partial charge in [-0.25, -0.2) is 4.79 Å². The summed E-state index contributed by atoms with van der Waals surface area (Å²) in [6.45, 7) is 5.43. The van der Waals surface area contributed by atoms with E-state index in [9.17, 15) is 4.79 Å². The summed E-state index contributed by atoms with van der Waals surface area (Å²) in [7, 11) is 1.52. The van der Waals surface area contributed by atoms with Crippen molar-refractivity contribution < 1.29 is 14.3 Å². The largest absolute Gasteiger partial charge is 0.479 e. The van der Waals surface area contributed by atoms with Gasteiger partial charge in [-0.3, -0.25) is 0 Å². The van der Waals surface area contributed by atoms with E-state index in [0.717, 1.165) is 9.86 Å². The Labute approximate surface area is 119 Å². The van der Waals surface area contributed by atoms with Gasteiger partial charge >= 0.3 is 6.09 Å². The lowest BCUT2D eigenvalue weighted by atomic mass is 10.2. The van der Waals surface area contributed by atoms with Gasteiger partial charge in [0, 0.05) is 4.47 Å². The van der Waals surface area contributed by atoms with Crippen molar-refractivity contribution in [3.05, 3.63) is 22.7 Å². The van der Waals surface area contributed by atoms with E-state index in [4.69, 9.17) is 9.47 Å². The Kier molecular flexibility index (Phi) is 3.54. The van der Waals surface area contributed by atoms with Crippen LogP contribution in [-0.2, 0) is 4.74 Å². The molecule has 102 valence electrons. The molecule has 0 radical (unpaired) electrons. The number of nitrogens with zero attached hydrogens (tertiary/aromatic N) is 2. The molecule has 0 saturated heterocycles. The van der Waals surface area contributed by atoms with Crippen LogP contribution in [0.25, 0.3) is 10.9 Å². The Hall–Kier alpha value is -1.56. The van der Waals surface area contributed by atoms with Crippen molar-refractivity contribution in [2.45, 2.75) is 26.4 Å². The number of carbonyl (C=O) groups is 1. The Morgan fingerprint density at radius 3 is 2.63 bits per heavy atom. The van der Waals surface area contributed by atoms with Crippen molar-refractivity contribution in [3.8, 4) is 5.88 Å². The lowest BCUT2D eigenvalue weighted by Gasteiger charge is -2.19. The van der Waals surface area contributed by atoms with E-state index in [0.29, 0.717) is 11.4 Å². The van der Waals surface area contributed by atoms with Crippen LogP contribution in [0.15, 0.2) is 22.7 Å². The first kappa shape index (κ1) is 13.9. The highest BCUT2D eigenvalue weighted by molar-refractivity contribution is 9.10. The molecule has 0 aliphatic rings. The summed E-state index contributed by atoms with van der Waals surface area (Å²) in [4.78, 5) is 12.1. The molecule has 2 aromatic rings. The van der Waals surface area contributed by atoms with E-state index in [1.165, 1.54) is 11.8 Å². The molecule has 1 heterocycles. The molecule has 0 unspecified atom stereocenters. The highest BCUT2D eigenvalue weighted by atomic mass is 79.9. The summed E-state index contributed by atoms with van der Waals surface area (Å²) in [5.74, 6) is 0.397. The van der Waals surface area contributed by atoms with Gasteiger partial charge in [0.05, 0.1) is 18.0 Å². The fourth-order valence-electron chi connectivity index (χ4n) is 1.65. The first-order valence-electron chi connectivity index (χ1n) is 5.77. The van der Waals surface area contributed by atoms with Crippen LogP contribution in [0.3, 0.4) is 0 Å². The minimum absolute atomic E-state index is 0.397. The van der Waals surface area contributed by atoms with Gasteiger partial charge in [-0.05, 0) is 39.0 Å². The first-order valence-corrected chi connectivity index (χ1v) is 6.57. The number of rotatable bonds is 1. The van der Waals surface area contributed by atoms with Crippen LogP contribution in [-0.4, -0.2) is 28.6 Å². The van der Waals surface area contributed by atoms with Crippen LogP contribution in [0.1, 0.15) is 20.8 Å². The molecule has 1 aromatic heterocycles. The highest BCUT2D eigenvalue weighted by Crippen LogP contribution is 2.28. The Bertz CT molecular complexity index is 629. The number of hydrogen-bond acceptors (Lipinski definition) is 4. The van der Waals surface area contributed by atoms with Crippen LogP contribution in [0.4, 0.5) is 4.79 Å². The zero-order chi connectivity index (χ0) is 14.2. The minimum Gasteiger partial charge on any atom is -0.479 e. The number of aromatic nitrogens is 2. The van der Waals surface area contributed by atoms with E-state index >= 15 is 0 Å². The van der Waals surface area contributed by atoms with Crippen molar-refractivity contribution in [2.75, 3.05) is 7.11 Å². The number of ether oxygens (including phenoxy) is 2. The molecule has 0 bridgehead atoms. The Morgan fingerprint density at radius 2 is 2.05 bits per heavy atom. The topological polar surface area (TPSA) is 53.4 Å². The van der Waals surface area contributed by atoms with Gasteiger partial charge in [0.15, 0.2) is 0 Å². The molecular weight excluding hydrogens is 312 g/mol. The second kappa shape index (κ2) is 4.85. The van der Waals surface area contributed by atoms with Crippen LogP contribution in [0, 0.1) is 0 Å². The second-order valence-electron chi connectivity index (χ2n) is 5.06. The summed E-state index contributed by atoms with van der Waals surface area (Å²) in [6, 6.07) is 5.51. The van der Waals surface area contributed by atoms with Crippen LogP contribution in [0.5, 0.6) is 5.88 Å². The van der Waals surface area contributed by atoms with E-state index in [-0.39, 0.29) is 0 Å². The fourth-order valence-corrected chi connectivity index (χ4v) is 2.00. The van der Waals surface area contributed by atoms with Gasteiger partial charge < -0.3 is 9.47 Å². The monoisotopic (exact) mass is 326 g/mol. The molecule has 0 spiro atoms. The standard InChI is InChI=1S/C13H15BrN2O3/c1-13(2,3)19-12(17)16-10-7-8(14)5-6-9(10)11(15-16)18-4/h5-7H,1-4H3. The van der Waals surface area contributed by atoms with Gasteiger partial charge in [0.25, 0.3) is 0 Å². The smallest absolute Gasteiger partial charge is 0.435 e. The van der Waals surface area contributed by atoms with Gasteiger partial charge in [0.2, 0.25) is 5.88 Å². The summed E-state index contributed by atoms with van der Waals surface area (Å²) in [6.07, 6.45) is -0.529. The number of benzene rings is 1. The van der Waals surface area contributed by atoms with Gasteiger partial charge in [-0.1, -0.05) is 15.9 Å². The maximum Gasteiger partial charge on any atom is 0.435 e. The van der Waals surface area contributed by atoms with Crippen molar-refractivity contribution in [2.24, 2.45) is 0 Å². The maximum absolute atomic E-state index is 12.1. The summed E-state index contributed by atoms with van der Waals surface area (Å²) in [5, 5.41) is 4.89. The van der Waals surface area contributed by atoms with Crippen LogP contribution in [0.2, 0.25) is 0 Å². The summed E-state index contributed by atoms with van der Waals surface area (Å²) < 4.78 is 12.6. The van der Waals surface area contributed by atoms with Crippen molar-refractivity contribution >= 4 is 32.9 Å². The molecular formula is C13H15BrN2O3. The quantitative estimate of drug-likeness (QED) is 0.803. The van der Waals surface area contributed by atoms with Crippen molar-refractivity contribution in [1.29, 1.82) is 0 Å². The predicted molar refractivity (Wildman–Crippen MR) is 75.6 cm³/mol. The van der Waals surface area contributed by atoms with E-state index in [1.54, 1.807) is 6.07 Å². The van der Waals surface area contributed by atoms with Gasteiger partial charge in [0.1, 0.15) is 5.60 Å². The average molecular weight is 327 g/mol. The molecule has 0 saturated carbocycles. The predicted octanol–water partition coefficient (Wildman–Crippen LogP) is 3.59. The molecule has 0 atom stereocenters. The van der Waals surface area contributed by atoms with E-state index in [1.807, 2.05) is 32.9 Å². The number of halogens is 1. The average Bonchev–Trinajstić information content (AvgIpc) is 2.64. The molecule has 1 aromatic carbocycles. The zero-order valence-electron chi connectivity index (χ0n) is 11.2. The molecule has 0 N–H and O–H groups in total. The number of methoxy groups -OCH3 is 1. The third kappa shape index (κ3) is 2.89. The molecule has 0 fully saturated rings.